The van der Waals surface area contributed by atoms with Crippen molar-refractivity contribution in [3.8, 4) is 5.75 Å². The lowest BCUT2D eigenvalue weighted by Crippen LogP contribution is -2.52. The zero-order valence-electron chi connectivity index (χ0n) is 20.6. The first kappa shape index (κ1) is 24.6. The summed E-state index contributed by atoms with van der Waals surface area (Å²) in [6.07, 6.45) is 6.84. The molecule has 3 aliphatic rings. The highest BCUT2D eigenvalue weighted by molar-refractivity contribution is 5.86. The van der Waals surface area contributed by atoms with E-state index in [0.717, 1.165) is 37.8 Å². The third-order valence-electron chi connectivity index (χ3n) is 7.60. The summed E-state index contributed by atoms with van der Waals surface area (Å²) in [6, 6.07) is 7.38. The molecule has 1 aromatic rings. The quantitative estimate of drug-likeness (QED) is 0.600. The smallest absolute Gasteiger partial charge is 0.228 e. The van der Waals surface area contributed by atoms with E-state index in [9.17, 15) is 14.4 Å². The van der Waals surface area contributed by atoms with Gasteiger partial charge in [-0.2, -0.15) is 0 Å². The van der Waals surface area contributed by atoms with Gasteiger partial charge in [-0.15, -0.1) is 0 Å². The van der Waals surface area contributed by atoms with Gasteiger partial charge >= 0.3 is 0 Å². The number of piperidine rings is 2. The second-order valence-electron chi connectivity index (χ2n) is 10.1. The maximum Gasteiger partial charge on any atom is 0.228 e. The Balaban J connectivity index is 1.55. The van der Waals surface area contributed by atoms with Crippen molar-refractivity contribution in [2.75, 3.05) is 33.3 Å². The fourth-order valence-corrected chi connectivity index (χ4v) is 5.44. The van der Waals surface area contributed by atoms with Gasteiger partial charge in [-0.3, -0.25) is 14.4 Å². The highest BCUT2D eigenvalue weighted by Crippen LogP contribution is 2.42. The molecular weight excluding hydrogens is 430 g/mol. The maximum absolute atomic E-state index is 13.9. The number of ether oxygens (including phenoxy) is 1. The van der Waals surface area contributed by atoms with Crippen LogP contribution in [0.3, 0.4) is 0 Å². The van der Waals surface area contributed by atoms with Crippen LogP contribution in [0.4, 0.5) is 0 Å². The predicted molar refractivity (Wildman–Crippen MR) is 130 cm³/mol. The second kappa shape index (κ2) is 11.2. The molecule has 3 unspecified atom stereocenters. The zero-order valence-corrected chi connectivity index (χ0v) is 20.6. The molecule has 4 rings (SSSR count). The summed E-state index contributed by atoms with van der Waals surface area (Å²) in [7, 11) is 1.63. The van der Waals surface area contributed by atoms with E-state index in [1.165, 1.54) is 12.8 Å². The summed E-state index contributed by atoms with van der Waals surface area (Å²) < 4.78 is 5.64. The lowest BCUT2D eigenvalue weighted by molar-refractivity contribution is -0.149. The van der Waals surface area contributed by atoms with Gasteiger partial charge < -0.3 is 19.9 Å². The van der Waals surface area contributed by atoms with Gasteiger partial charge in [0.25, 0.3) is 0 Å². The minimum atomic E-state index is -0.347. The van der Waals surface area contributed by atoms with Crippen molar-refractivity contribution in [1.29, 1.82) is 0 Å². The van der Waals surface area contributed by atoms with E-state index in [4.69, 9.17) is 4.74 Å². The second-order valence-corrected chi connectivity index (χ2v) is 10.1. The number of unbranched alkanes of at least 4 members (excludes halogenated alkanes) is 1. The van der Waals surface area contributed by atoms with Crippen molar-refractivity contribution in [3.05, 3.63) is 29.8 Å². The van der Waals surface area contributed by atoms with Gasteiger partial charge in [0.2, 0.25) is 17.7 Å². The van der Waals surface area contributed by atoms with Gasteiger partial charge in [0.05, 0.1) is 25.0 Å². The number of hydrogen-bond acceptors (Lipinski definition) is 4. The van der Waals surface area contributed by atoms with E-state index in [1.54, 1.807) is 7.11 Å². The van der Waals surface area contributed by atoms with E-state index in [-0.39, 0.29) is 35.6 Å². The number of nitrogens with one attached hydrogen (secondary N) is 1. The molecule has 3 fully saturated rings. The molecule has 0 radical (unpaired) electrons. The van der Waals surface area contributed by atoms with Gasteiger partial charge in [0.1, 0.15) is 5.75 Å². The minimum Gasteiger partial charge on any atom is -0.496 e. The Morgan fingerprint density at radius 1 is 1.15 bits per heavy atom. The van der Waals surface area contributed by atoms with Crippen LogP contribution in [0.25, 0.3) is 0 Å². The van der Waals surface area contributed by atoms with Crippen molar-refractivity contribution in [2.24, 2.45) is 17.8 Å². The monoisotopic (exact) mass is 469 g/mol. The fourth-order valence-electron chi connectivity index (χ4n) is 5.44. The molecule has 3 atom stereocenters. The number of likely N-dealkylation sites (tertiary alicyclic amines) is 2. The fraction of sp³-hybridized carbons (Fsp3) is 0.667. The molecule has 2 saturated heterocycles. The van der Waals surface area contributed by atoms with Crippen LogP contribution in [0.2, 0.25) is 0 Å². The Morgan fingerprint density at radius 3 is 2.68 bits per heavy atom. The molecule has 34 heavy (non-hydrogen) atoms. The van der Waals surface area contributed by atoms with Crippen molar-refractivity contribution in [3.63, 3.8) is 0 Å². The molecule has 0 bridgehead atoms. The van der Waals surface area contributed by atoms with Crippen LogP contribution >= 0.6 is 0 Å². The number of para-hydroxylation sites is 1. The van der Waals surface area contributed by atoms with Crippen molar-refractivity contribution < 1.29 is 19.1 Å². The number of methoxy groups -OCH3 is 1. The summed E-state index contributed by atoms with van der Waals surface area (Å²) in [6.45, 7) is 4.64. The van der Waals surface area contributed by atoms with Crippen molar-refractivity contribution in [1.82, 2.24) is 15.1 Å². The Bertz CT molecular complexity index is 884. The molecule has 2 aliphatic heterocycles. The third-order valence-corrected chi connectivity index (χ3v) is 7.60. The lowest BCUT2D eigenvalue weighted by Gasteiger charge is -2.44. The Hall–Kier alpha value is -2.57. The molecule has 1 aromatic carbocycles. The molecule has 1 aliphatic carbocycles. The van der Waals surface area contributed by atoms with Crippen molar-refractivity contribution >= 4 is 17.7 Å². The average Bonchev–Trinajstić information content (AvgIpc) is 3.70. The summed E-state index contributed by atoms with van der Waals surface area (Å²) in [4.78, 5) is 43.5. The minimum absolute atomic E-state index is 0.0598. The topological polar surface area (TPSA) is 79.0 Å². The number of nitrogens with zero attached hydrogens (tertiary/aromatic N) is 2. The first-order chi connectivity index (χ1) is 16.5. The summed E-state index contributed by atoms with van der Waals surface area (Å²) in [5.74, 6) is 1.10. The molecule has 3 amide bonds. The molecule has 186 valence electrons. The molecule has 0 spiro atoms. The molecular formula is C27H39N3O4. The summed E-state index contributed by atoms with van der Waals surface area (Å²) in [5.41, 5.74) is 0.892. The normalized spacial score (nSPS) is 25.2. The van der Waals surface area contributed by atoms with Crippen LogP contribution < -0.4 is 10.1 Å². The molecule has 7 heteroatoms. The Morgan fingerprint density at radius 2 is 1.94 bits per heavy atom. The maximum atomic E-state index is 13.9. The lowest BCUT2D eigenvalue weighted by atomic mass is 9.82. The average molecular weight is 470 g/mol. The van der Waals surface area contributed by atoms with Crippen LogP contribution in [0, 0.1) is 17.8 Å². The first-order valence-corrected chi connectivity index (χ1v) is 13.0. The Kier molecular flexibility index (Phi) is 8.11. The molecule has 1 saturated carbocycles. The standard InChI is InChI=1S/C27H39N3O4/c1-3-4-16-30-24(31)14-13-22(25(30)21-9-5-6-10-23(21)34-2)27(33)29-15-7-8-20(18-29)26(32)28-17-19-11-12-19/h5-6,9-10,19-20,22,25H,3-4,7-8,11-18H2,1-2H3,(H,28,32). The van der Waals surface area contributed by atoms with Crippen LogP contribution in [-0.2, 0) is 14.4 Å². The van der Waals surface area contributed by atoms with Crippen LogP contribution in [0.15, 0.2) is 24.3 Å². The molecule has 1 N–H and O–H groups in total. The first-order valence-electron chi connectivity index (χ1n) is 13.0. The molecule has 7 nitrogen and oxygen atoms in total. The highest BCUT2D eigenvalue weighted by Gasteiger charge is 2.44. The molecule has 2 heterocycles. The van der Waals surface area contributed by atoms with Crippen LogP contribution in [0.5, 0.6) is 5.75 Å². The van der Waals surface area contributed by atoms with E-state index < -0.39 is 0 Å². The Labute approximate surface area is 203 Å². The molecule has 0 aromatic heterocycles. The predicted octanol–water partition coefficient (Wildman–Crippen LogP) is 3.54. The van der Waals surface area contributed by atoms with Gasteiger partial charge in [-0.25, -0.2) is 0 Å². The zero-order chi connectivity index (χ0) is 24.1. The number of carbonyl (C=O) groups is 3. The van der Waals surface area contributed by atoms with Crippen molar-refractivity contribution in [2.45, 2.75) is 64.3 Å². The highest BCUT2D eigenvalue weighted by atomic mass is 16.5. The largest absolute Gasteiger partial charge is 0.496 e. The SMILES string of the molecule is CCCCN1C(=O)CCC(C(=O)N2CCCC(C(=O)NCC3CC3)C2)C1c1ccccc1OC. The number of rotatable bonds is 9. The number of amides is 3. The van der Waals surface area contributed by atoms with Gasteiger partial charge in [0, 0.05) is 38.2 Å². The van der Waals surface area contributed by atoms with Crippen LogP contribution in [0.1, 0.15) is 69.9 Å². The van der Waals surface area contributed by atoms with Gasteiger partial charge in [-0.1, -0.05) is 31.5 Å². The number of carbonyl (C=O) groups excluding carboxylic acids is 3. The van der Waals surface area contributed by atoms with Crippen LogP contribution in [-0.4, -0.2) is 60.8 Å². The van der Waals surface area contributed by atoms with E-state index >= 15 is 0 Å². The summed E-state index contributed by atoms with van der Waals surface area (Å²) in [5, 5.41) is 3.09. The van der Waals surface area contributed by atoms with E-state index in [1.807, 2.05) is 34.1 Å². The summed E-state index contributed by atoms with van der Waals surface area (Å²) >= 11 is 0. The van der Waals surface area contributed by atoms with Gasteiger partial charge in [0.15, 0.2) is 0 Å². The number of benzene rings is 1. The number of hydrogen-bond donors (Lipinski definition) is 1. The van der Waals surface area contributed by atoms with E-state index in [2.05, 4.69) is 12.2 Å². The third kappa shape index (κ3) is 5.56. The van der Waals surface area contributed by atoms with Gasteiger partial charge in [-0.05, 0) is 50.5 Å². The van der Waals surface area contributed by atoms with E-state index in [0.29, 0.717) is 44.1 Å².